The highest BCUT2D eigenvalue weighted by Gasteiger charge is 2.31. The lowest BCUT2D eigenvalue weighted by molar-refractivity contribution is -0.144. The first-order chi connectivity index (χ1) is 15.1. The highest BCUT2D eigenvalue weighted by Crippen LogP contribution is 2.33. The second-order valence-corrected chi connectivity index (χ2v) is 8.40. The minimum absolute atomic E-state index is 0.165. The zero-order chi connectivity index (χ0) is 22.1. The molecule has 2 aliphatic rings. The highest BCUT2D eigenvalue weighted by molar-refractivity contribution is 5.72. The number of methoxy groups -OCH3 is 2. The maximum atomic E-state index is 11.6. The fourth-order valence-corrected chi connectivity index (χ4v) is 3.39. The number of carbonyl (C=O) groups excluding carboxylic acids is 1. The van der Waals surface area contributed by atoms with Gasteiger partial charge in [0, 0.05) is 6.07 Å². The van der Waals surface area contributed by atoms with Crippen molar-refractivity contribution in [1.82, 2.24) is 0 Å². The summed E-state index contributed by atoms with van der Waals surface area (Å²) in [5, 5.41) is 0. The van der Waals surface area contributed by atoms with Crippen molar-refractivity contribution in [3.05, 3.63) is 54.1 Å². The fourth-order valence-electron chi connectivity index (χ4n) is 3.39. The largest absolute Gasteiger partial charge is 0.497 e. The lowest BCUT2D eigenvalue weighted by Crippen LogP contribution is -2.37. The van der Waals surface area contributed by atoms with Crippen LogP contribution in [0, 0.1) is 11.8 Å². The van der Waals surface area contributed by atoms with Crippen LogP contribution in [0.5, 0.6) is 17.2 Å². The number of benzene rings is 2. The van der Waals surface area contributed by atoms with E-state index in [1.54, 1.807) is 7.11 Å². The molecule has 0 N–H and O–H groups in total. The Bertz CT molecular complexity index is 823. The SMILES string of the molecule is C1CC1.COC(=O)C(C)Cc1cccc(OCC2CC(Oc3cccc(OC)c3)C2)c1. The van der Waals surface area contributed by atoms with Crippen molar-refractivity contribution in [2.24, 2.45) is 11.8 Å². The van der Waals surface area contributed by atoms with Gasteiger partial charge in [-0.15, -0.1) is 0 Å². The Morgan fingerprint density at radius 3 is 2.32 bits per heavy atom. The first-order valence-electron chi connectivity index (χ1n) is 11.2. The van der Waals surface area contributed by atoms with E-state index in [1.807, 2.05) is 55.5 Å². The summed E-state index contributed by atoms with van der Waals surface area (Å²) in [5.74, 6) is 2.62. The van der Waals surface area contributed by atoms with Gasteiger partial charge in [0.2, 0.25) is 0 Å². The monoisotopic (exact) mass is 426 g/mol. The first-order valence-corrected chi connectivity index (χ1v) is 11.2. The van der Waals surface area contributed by atoms with Crippen LogP contribution >= 0.6 is 0 Å². The van der Waals surface area contributed by atoms with Gasteiger partial charge in [0.1, 0.15) is 17.2 Å². The third kappa shape index (κ3) is 7.82. The zero-order valence-corrected chi connectivity index (χ0v) is 18.8. The molecule has 5 nitrogen and oxygen atoms in total. The van der Waals surface area contributed by atoms with Gasteiger partial charge in [-0.1, -0.05) is 44.4 Å². The van der Waals surface area contributed by atoms with Crippen LogP contribution in [-0.4, -0.2) is 32.9 Å². The number of hydrogen-bond donors (Lipinski definition) is 0. The van der Waals surface area contributed by atoms with Gasteiger partial charge >= 0.3 is 5.97 Å². The van der Waals surface area contributed by atoms with Crippen LogP contribution in [0.4, 0.5) is 0 Å². The predicted molar refractivity (Wildman–Crippen MR) is 121 cm³/mol. The second kappa shape index (κ2) is 11.6. The molecular formula is C26H34O5. The third-order valence-electron chi connectivity index (χ3n) is 5.42. The van der Waals surface area contributed by atoms with Crippen LogP contribution in [0.2, 0.25) is 0 Å². The molecule has 168 valence electrons. The van der Waals surface area contributed by atoms with Crippen LogP contribution in [0.3, 0.4) is 0 Å². The van der Waals surface area contributed by atoms with Gasteiger partial charge in [-0.25, -0.2) is 0 Å². The van der Waals surface area contributed by atoms with E-state index in [4.69, 9.17) is 18.9 Å². The molecule has 4 rings (SSSR count). The molecule has 1 atom stereocenters. The van der Waals surface area contributed by atoms with Gasteiger partial charge in [-0.2, -0.15) is 0 Å². The summed E-state index contributed by atoms with van der Waals surface area (Å²) in [7, 11) is 3.07. The number of esters is 1. The zero-order valence-electron chi connectivity index (χ0n) is 18.8. The van der Waals surface area contributed by atoms with Crippen molar-refractivity contribution in [2.45, 2.75) is 51.6 Å². The summed E-state index contributed by atoms with van der Waals surface area (Å²) >= 11 is 0. The van der Waals surface area contributed by atoms with Gasteiger partial charge in [-0.3, -0.25) is 4.79 Å². The average Bonchev–Trinajstić information content (AvgIpc) is 3.64. The standard InChI is InChI=1S/C23H28O5.C3H6/c1-16(23(24)26-3)10-17-6-4-8-20(11-17)27-15-18-12-22(13-18)28-21-9-5-7-19(14-21)25-2;1-2-3-1/h4-9,11,14,16,18,22H,10,12-13,15H2,1-3H3;1-3H2. The summed E-state index contributed by atoms with van der Waals surface area (Å²) in [6.07, 6.45) is 7.34. The van der Waals surface area contributed by atoms with Crippen LogP contribution in [0.1, 0.15) is 44.6 Å². The van der Waals surface area contributed by atoms with Gasteiger partial charge in [0.15, 0.2) is 0 Å². The van der Waals surface area contributed by atoms with Gasteiger partial charge in [0.25, 0.3) is 0 Å². The highest BCUT2D eigenvalue weighted by atomic mass is 16.5. The Kier molecular flexibility index (Phi) is 8.63. The first kappa shape index (κ1) is 23.0. The smallest absolute Gasteiger partial charge is 0.308 e. The molecule has 0 aromatic heterocycles. The Balaban J connectivity index is 0.000000834. The molecule has 0 aliphatic heterocycles. The number of ether oxygens (including phenoxy) is 4. The molecule has 2 aromatic rings. The third-order valence-corrected chi connectivity index (χ3v) is 5.42. The van der Waals surface area contributed by atoms with Crippen molar-refractivity contribution in [3.8, 4) is 17.2 Å². The van der Waals surface area contributed by atoms with E-state index in [9.17, 15) is 4.79 Å². The Morgan fingerprint density at radius 2 is 1.65 bits per heavy atom. The van der Waals surface area contributed by atoms with Crippen LogP contribution in [-0.2, 0) is 16.0 Å². The molecule has 2 aliphatic carbocycles. The van der Waals surface area contributed by atoms with Gasteiger partial charge in [0.05, 0.1) is 32.8 Å². The fraction of sp³-hybridized carbons (Fsp3) is 0.500. The number of hydrogen-bond acceptors (Lipinski definition) is 5. The van der Waals surface area contributed by atoms with Gasteiger partial charge in [-0.05, 0) is 55.0 Å². The molecule has 2 aromatic carbocycles. The maximum absolute atomic E-state index is 11.6. The molecule has 0 heterocycles. The second-order valence-electron chi connectivity index (χ2n) is 8.40. The van der Waals surface area contributed by atoms with Crippen molar-refractivity contribution in [2.75, 3.05) is 20.8 Å². The topological polar surface area (TPSA) is 54.0 Å². The van der Waals surface area contributed by atoms with E-state index in [-0.39, 0.29) is 18.0 Å². The summed E-state index contributed by atoms with van der Waals surface area (Å²) in [5.41, 5.74) is 1.07. The maximum Gasteiger partial charge on any atom is 0.308 e. The lowest BCUT2D eigenvalue weighted by atomic mass is 9.83. The molecule has 2 saturated carbocycles. The van der Waals surface area contributed by atoms with E-state index in [1.165, 1.54) is 26.4 Å². The summed E-state index contributed by atoms with van der Waals surface area (Å²) in [4.78, 5) is 11.6. The van der Waals surface area contributed by atoms with Crippen molar-refractivity contribution < 1.29 is 23.7 Å². The molecule has 5 heteroatoms. The Hall–Kier alpha value is -2.69. The van der Waals surface area contributed by atoms with Gasteiger partial charge < -0.3 is 18.9 Å². The molecule has 0 radical (unpaired) electrons. The van der Waals surface area contributed by atoms with E-state index in [0.29, 0.717) is 18.9 Å². The van der Waals surface area contributed by atoms with Crippen molar-refractivity contribution >= 4 is 5.97 Å². The molecule has 0 amide bonds. The Morgan fingerprint density at radius 1 is 0.968 bits per heavy atom. The minimum atomic E-state index is -0.192. The van der Waals surface area contributed by atoms with Crippen LogP contribution in [0.15, 0.2) is 48.5 Å². The number of rotatable bonds is 9. The average molecular weight is 427 g/mol. The van der Waals surface area contributed by atoms with Crippen molar-refractivity contribution in [1.29, 1.82) is 0 Å². The molecule has 0 saturated heterocycles. The molecule has 0 bridgehead atoms. The normalized spacial score (nSPS) is 19.7. The van der Waals surface area contributed by atoms with E-state index >= 15 is 0 Å². The van der Waals surface area contributed by atoms with Crippen molar-refractivity contribution in [3.63, 3.8) is 0 Å². The molecular weight excluding hydrogens is 392 g/mol. The quantitative estimate of drug-likeness (QED) is 0.499. The van der Waals surface area contributed by atoms with E-state index in [0.717, 1.165) is 35.7 Å². The van der Waals surface area contributed by atoms with E-state index < -0.39 is 0 Å². The molecule has 31 heavy (non-hydrogen) atoms. The van der Waals surface area contributed by atoms with Crippen LogP contribution < -0.4 is 14.2 Å². The predicted octanol–water partition coefficient (Wildman–Crippen LogP) is 5.45. The Labute approximate surface area is 185 Å². The lowest BCUT2D eigenvalue weighted by Gasteiger charge is -2.35. The van der Waals surface area contributed by atoms with Crippen LogP contribution in [0.25, 0.3) is 0 Å². The van der Waals surface area contributed by atoms with E-state index in [2.05, 4.69) is 0 Å². The molecule has 0 spiro atoms. The summed E-state index contributed by atoms with van der Waals surface area (Å²) in [6.45, 7) is 2.55. The molecule has 1 unspecified atom stereocenters. The minimum Gasteiger partial charge on any atom is -0.497 e. The number of carbonyl (C=O) groups is 1. The summed E-state index contributed by atoms with van der Waals surface area (Å²) < 4.78 is 22.0. The summed E-state index contributed by atoms with van der Waals surface area (Å²) in [6, 6.07) is 15.6. The molecule has 2 fully saturated rings.